The van der Waals surface area contributed by atoms with Crippen LogP contribution in [0, 0.1) is 0 Å². The van der Waals surface area contributed by atoms with Crippen molar-refractivity contribution in [3.05, 3.63) is 53.0 Å². The van der Waals surface area contributed by atoms with E-state index in [1.165, 1.54) is 0 Å². The summed E-state index contributed by atoms with van der Waals surface area (Å²) in [6.07, 6.45) is 1.56. The summed E-state index contributed by atoms with van der Waals surface area (Å²) >= 11 is 0. The first-order valence-corrected chi connectivity index (χ1v) is 4.62. The first kappa shape index (κ1) is 8.17. The van der Waals surface area contributed by atoms with E-state index in [2.05, 4.69) is 4.98 Å². The molecule has 0 fully saturated rings. The van der Waals surface area contributed by atoms with Crippen LogP contribution in [0.5, 0.6) is 0 Å². The molecular weight excluding hydrogens is 190 g/mol. The van der Waals surface area contributed by atoms with Gasteiger partial charge in [0.2, 0.25) is 0 Å². The summed E-state index contributed by atoms with van der Waals surface area (Å²) in [4.78, 5) is 15.6. The fourth-order valence-electron chi connectivity index (χ4n) is 1.69. The molecule has 0 unspecified atom stereocenters. The van der Waals surface area contributed by atoms with Gasteiger partial charge in [-0.3, -0.25) is 4.79 Å². The minimum Gasteiger partial charge on any atom is -0.463 e. The Kier molecular flexibility index (Phi) is 1.59. The van der Waals surface area contributed by atoms with E-state index in [0.29, 0.717) is 16.8 Å². The van der Waals surface area contributed by atoms with Gasteiger partial charge in [0.15, 0.2) is 0 Å². The van der Waals surface area contributed by atoms with Gasteiger partial charge in [-0.15, -0.1) is 0 Å². The predicted molar refractivity (Wildman–Crippen MR) is 56.9 cm³/mol. The molecule has 0 radical (unpaired) electrons. The maximum absolute atomic E-state index is 11.6. The van der Waals surface area contributed by atoms with E-state index >= 15 is 0 Å². The summed E-state index contributed by atoms with van der Waals surface area (Å²) in [6.45, 7) is 0. The van der Waals surface area contributed by atoms with Crippen LogP contribution in [-0.2, 0) is 0 Å². The van der Waals surface area contributed by atoms with E-state index in [9.17, 15) is 4.79 Å². The van der Waals surface area contributed by atoms with Gasteiger partial charge < -0.3 is 4.42 Å². The Morgan fingerprint density at radius 2 is 1.93 bits per heavy atom. The van der Waals surface area contributed by atoms with Gasteiger partial charge in [-0.25, -0.2) is 4.98 Å². The smallest absolute Gasteiger partial charge is 0.281 e. The molecule has 0 aromatic heterocycles. The van der Waals surface area contributed by atoms with E-state index in [4.69, 9.17) is 4.42 Å². The zero-order chi connectivity index (χ0) is 10.3. The van der Waals surface area contributed by atoms with Gasteiger partial charge in [0.25, 0.3) is 5.56 Å². The summed E-state index contributed by atoms with van der Waals surface area (Å²) in [6, 6.07) is 10.9. The highest BCUT2D eigenvalue weighted by molar-refractivity contribution is 5.91. The van der Waals surface area contributed by atoms with Gasteiger partial charge in [0, 0.05) is 5.39 Å². The van der Waals surface area contributed by atoms with Crippen molar-refractivity contribution in [2.24, 2.45) is 0 Å². The second-order valence-corrected chi connectivity index (χ2v) is 3.29. The van der Waals surface area contributed by atoms with Crippen molar-refractivity contribution in [2.75, 3.05) is 0 Å². The van der Waals surface area contributed by atoms with Crippen molar-refractivity contribution in [3.63, 3.8) is 0 Å². The summed E-state index contributed by atoms with van der Waals surface area (Å²) < 4.78 is 5.37. The van der Waals surface area contributed by atoms with Gasteiger partial charge in [-0.05, 0) is 24.3 Å². The van der Waals surface area contributed by atoms with Gasteiger partial charge in [0.1, 0.15) is 5.76 Å². The van der Waals surface area contributed by atoms with E-state index in [-0.39, 0.29) is 5.56 Å². The Balaban J connectivity index is 2.63. The summed E-state index contributed by atoms with van der Waals surface area (Å²) in [5.41, 5.74) is 0.953. The van der Waals surface area contributed by atoms with Crippen LogP contribution in [-0.4, -0.2) is 4.98 Å². The standard InChI is InChI=1S/C12H7NO2/c14-12-9-5-3-7-15-11(9)8-4-1-2-6-10(8)13-12/h1-7H. The molecule has 0 saturated carbocycles. The predicted octanol–water partition coefficient (Wildman–Crippen LogP) is 2.29. The molecule has 2 aliphatic heterocycles. The molecule has 0 spiro atoms. The van der Waals surface area contributed by atoms with Crippen molar-refractivity contribution < 1.29 is 4.42 Å². The Morgan fingerprint density at radius 3 is 2.87 bits per heavy atom. The number of rotatable bonds is 0. The first-order valence-electron chi connectivity index (χ1n) is 4.62. The van der Waals surface area contributed by atoms with E-state index < -0.39 is 0 Å². The molecule has 0 saturated heterocycles. The van der Waals surface area contributed by atoms with Crippen LogP contribution in [0.3, 0.4) is 0 Å². The Labute approximate surface area is 85.3 Å². The molecule has 0 N–H and O–H groups in total. The molecule has 15 heavy (non-hydrogen) atoms. The van der Waals surface area contributed by atoms with Gasteiger partial charge in [-0.2, -0.15) is 0 Å². The number of para-hydroxylation sites is 1. The van der Waals surface area contributed by atoms with Gasteiger partial charge in [0.05, 0.1) is 17.3 Å². The lowest BCUT2D eigenvalue weighted by atomic mass is 10.1. The van der Waals surface area contributed by atoms with Crippen molar-refractivity contribution in [3.8, 4) is 11.3 Å². The van der Waals surface area contributed by atoms with Crippen LogP contribution in [0.25, 0.3) is 22.2 Å². The van der Waals surface area contributed by atoms with Crippen LogP contribution in [0.15, 0.2) is 51.9 Å². The molecule has 0 bridgehead atoms. The average Bonchev–Trinajstić information content (AvgIpc) is 2.30. The number of benzene rings is 1. The topological polar surface area (TPSA) is 43.1 Å². The van der Waals surface area contributed by atoms with E-state index in [1.54, 1.807) is 24.5 Å². The molecule has 72 valence electrons. The minimum atomic E-state index is -0.243. The third-order valence-electron chi connectivity index (χ3n) is 2.37. The first-order chi connectivity index (χ1) is 7.36. The molecule has 0 aliphatic carbocycles. The van der Waals surface area contributed by atoms with Crippen molar-refractivity contribution in [2.45, 2.75) is 0 Å². The number of hydrogen-bond donors (Lipinski definition) is 0. The molecule has 2 heterocycles. The minimum absolute atomic E-state index is 0.243. The summed E-state index contributed by atoms with van der Waals surface area (Å²) in [7, 11) is 0. The third-order valence-corrected chi connectivity index (χ3v) is 2.37. The third kappa shape index (κ3) is 1.13. The lowest BCUT2D eigenvalue weighted by molar-refractivity contribution is 0.568. The van der Waals surface area contributed by atoms with Crippen molar-refractivity contribution in [1.82, 2.24) is 4.98 Å². The SMILES string of the molecule is O=c1nc2ccccc2c2occcc1-2. The molecule has 1 aromatic carbocycles. The highest BCUT2D eigenvalue weighted by Gasteiger charge is 2.12. The van der Waals surface area contributed by atoms with Gasteiger partial charge in [-0.1, -0.05) is 12.1 Å². The zero-order valence-corrected chi connectivity index (χ0v) is 7.81. The quantitative estimate of drug-likeness (QED) is 0.519. The number of fused-ring (bicyclic) bond motifs is 3. The maximum Gasteiger partial charge on any atom is 0.281 e. The maximum atomic E-state index is 11.6. The van der Waals surface area contributed by atoms with Crippen LogP contribution in [0.1, 0.15) is 0 Å². The summed E-state index contributed by atoms with van der Waals surface area (Å²) in [5, 5.41) is 0.868. The van der Waals surface area contributed by atoms with Crippen LogP contribution in [0.2, 0.25) is 0 Å². The van der Waals surface area contributed by atoms with Crippen molar-refractivity contribution >= 4 is 10.9 Å². The lowest BCUT2D eigenvalue weighted by Gasteiger charge is -2.04. The monoisotopic (exact) mass is 197 g/mol. The zero-order valence-electron chi connectivity index (χ0n) is 7.81. The molecule has 1 aromatic rings. The second-order valence-electron chi connectivity index (χ2n) is 3.29. The summed E-state index contributed by atoms with van der Waals surface area (Å²) in [5.74, 6) is 0.605. The van der Waals surface area contributed by atoms with Crippen LogP contribution >= 0.6 is 0 Å². The number of hydrogen-bond acceptors (Lipinski definition) is 3. The molecule has 3 nitrogen and oxygen atoms in total. The molecule has 0 amide bonds. The fourth-order valence-corrected chi connectivity index (χ4v) is 1.69. The van der Waals surface area contributed by atoms with Crippen LogP contribution < -0.4 is 5.56 Å². The van der Waals surface area contributed by atoms with E-state index in [1.807, 2.05) is 18.2 Å². The fraction of sp³-hybridized carbons (Fsp3) is 0. The Morgan fingerprint density at radius 1 is 1.07 bits per heavy atom. The van der Waals surface area contributed by atoms with E-state index in [0.717, 1.165) is 5.39 Å². The highest BCUT2D eigenvalue weighted by atomic mass is 16.3. The molecular formula is C12H7NO2. The molecule has 3 rings (SSSR count). The number of aromatic nitrogens is 1. The van der Waals surface area contributed by atoms with Gasteiger partial charge >= 0.3 is 0 Å². The number of pyridine rings is 1. The highest BCUT2D eigenvalue weighted by Crippen LogP contribution is 2.25. The molecule has 3 heteroatoms. The number of nitrogens with zero attached hydrogens (tertiary/aromatic N) is 1. The Bertz CT molecular complexity index is 657. The lowest BCUT2D eigenvalue weighted by Crippen LogP contribution is -2.09. The largest absolute Gasteiger partial charge is 0.463 e. The average molecular weight is 197 g/mol. The molecule has 0 atom stereocenters. The van der Waals surface area contributed by atoms with Crippen LogP contribution in [0.4, 0.5) is 0 Å². The second kappa shape index (κ2) is 2.92. The molecule has 2 aliphatic rings. The normalized spacial score (nSPS) is 10.9. The Hall–Kier alpha value is -2.16. The van der Waals surface area contributed by atoms with Crippen molar-refractivity contribution in [1.29, 1.82) is 0 Å².